The van der Waals surface area contributed by atoms with E-state index in [4.69, 9.17) is 16.1 Å². The summed E-state index contributed by atoms with van der Waals surface area (Å²) in [5, 5.41) is 6.18. The number of aromatic nitrogens is 1. The fourth-order valence-corrected chi connectivity index (χ4v) is 4.33. The van der Waals surface area contributed by atoms with Crippen molar-refractivity contribution in [3.05, 3.63) is 52.0 Å². The highest BCUT2D eigenvalue weighted by Crippen LogP contribution is 2.32. The molecule has 0 saturated heterocycles. The molecule has 0 radical (unpaired) electrons. The highest BCUT2D eigenvalue weighted by molar-refractivity contribution is 7.94. The van der Waals surface area contributed by atoms with Gasteiger partial charge in [0.05, 0.1) is 5.69 Å². The number of rotatable bonds is 4. The van der Waals surface area contributed by atoms with Gasteiger partial charge in [0.25, 0.3) is 10.0 Å². The van der Waals surface area contributed by atoms with Crippen molar-refractivity contribution in [3.63, 3.8) is 0 Å². The Morgan fingerprint density at radius 1 is 1.22 bits per heavy atom. The van der Waals surface area contributed by atoms with Gasteiger partial charge in [-0.2, -0.15) is 0 Å². The quantitative estimate of drug-likeness (QED) is 0.737. The molecule has 3 rings (SSSR count). The Kier molecular flexibility index (Phi) is 4.18. The topological polar surface area (TPSA) is 72.2 Å². The van der Waals surface area contributed by atoms with Crippen LogP contribution in [0.15, 0.2) is 44.4 Å². The van der Waals surface area contributed by atoms with Crippen LogP contribution in [0.1, 0.15) is 11.3 Å². The Balaban J connectivity index is 1.89. The van der Waals surface area contributed by atoms with Gasteiger partial charge in [0.1, 0.15) is 4.21 Å². The largest absolute Gasteiger partial charge is 0.356 e. The van der Waals surface area contributed by atoms with Crippen LogP contribution in [-0.4, -0.2) is 13.6 Å². The number of thiophene rings is 1. The molecule has 0 aliphatic rings. The van der Waals surface area contributed by atoms with Crippen LogP contribution in [0.4, 0.5) is 5.69 Å². The molecule has 0 amide bonds. The number of nitrogens with zero attached hydrogens (tertiary/aromatic N) is 1. The van der Waals surface area contributed by atoms with E-state index in [2.05, 4.69) is 9.88 Å². The average molecular weight is 369 g/mol. The molecule has 2 aromatic heterocycles. The first-order valence-electron chi connectivity index (χ1n) is 6.67. The summed E-state index contributed by atoms with van der Waals surface area (Å²) in [5.74, 6) is 0.590. The van der Waals surface area contributed by atoms with E-state index in [-0.39, 0.29) is 4.21 Å². The summed E-state index contributed by atoms with van der Waals surface area (Å²) >= 11 is 6.92. The summed E-state index contributed by atoms with van der Waals surface area (Å²) in [7, 11) is -3.66. The third-order valence-electron chi connectivity index (χ3n) is 3.36. The minimum absolute atomic E-state index is 0.205. The Hall–Kier alpha value is -1.83. The SMILES string of the molecule is Cc1noc(-c2csc(S(=O)(=O)Nc3ccc(Cl)cc3)c2)c1C. The molecule has 120 valence electrons. The van der Waals surface area contributed by atoms with Gasteiger partial charge in [0.15, 0.2) is 5.76 Å². The first-order chi connectivity index (χ1) is 10.9. The number of benzene rings is 1. The molecule has 0 atom stereocenters. The number of sulfonamides is 1. The van der Waals surface area contributed by atoms with Crippen molar-refractivity contribution in [2.45, 2.75) is 18.1 Å². The van der Waals surface area contributed by atoms with Crippen molar-refractivity contribution >= 4 is 38.6 Å². The molecule has 2 heterocycles. The van der Waals surface area contributed by atoms with Crippen molar-refractivity contribution in [1.29, 1.82) is 0 Å². The molecule has 0 fully saturated rings. The van der Waals surface area contributed by atoms with Crippen LogP contribution in [0.2, 0.25) is 5.02 Å². The third kappa shape index (κ3) is 3.26. The number of aryl methyl sites for hydroxylation is 1. The molecule has 5 nitrogen and oxygen atoms in total. The molecule has 0 spiro atoms. The van der Waals surface area contributed by atoms with Gasteiger partial charge in [-0.1, -0.05) is 16.8 Å². The van der Waals surface area contributed by atoms with E-state index in [1.807, 2.05) is 13.8 Å². The van der Waals surface area contributed by atoms with E-state index in [0.29, 0.717) is 22.0 Å². The Bertz CT molecular complexity index is 944. The third-order valence-corrected chi connectivity index (χ3v) is 6.43. The Labute approximate surface area is 142 Å². The molecule has 0 unspecified atom stereocenters. The van der Waals surface area contributed by atoms with Gasteiger partial charge in [-0.25, -0.2) is 8.42 Å². The van der Waals surface area contributed by atoms with Crippen LogP contribution in [0.5, 0.6) is 0 Å². The number of nitrogens with one attached hydrogen (secondary N) is 1. The van der Waals surface area contributed by atoms with Crippen molar-refractivity contribution < 1.29 is 12.9 Å². The van der Waals surface area contributed by atoms with Crippen LogP contribution < -0.4 is 4.72 Å². The number of hydrogen-bond donors (Lipinski definition) is 1. The summed E-state index contributed by atoms with van der Waals surface area (Å²) in [6.45, 7) is 3.73. The first-order valence-corrected chi connectivity index (χ1v) is 9.41. The van der Waals surface area contributed by atoms with E-state index >= 15 is 0 Å². The van der Waals surface area contributed by atoms with Crippen LogP contribution in [0.25, 0.3) is 11.3 Å². The Morgan fingerprint density at radius 3 is 2.52 bits per heavy atom. The lowest BCUT2D eigenvalue weighted by atomic mass is 10.1. The standard InChI is InChI=1S/C15H13ClN2O3S2/c1-9-10(2)17-21-15(9)11-7-14(22-8-11)23(19,20)18-13-5-3-12(16)4-6-13/h3-8,18H,1-2H3. The van der Waals surface area contributed by atoms with E-state index < -0.39 is 10.0 Å². The molecular weight excluding hydrogens is 356 g/mol. The fourth-order valence-electron chi connectivity index (χ4n) is 1.98. The second-order valence-corrected chi connectivity index (χ2v) is 8.25. The van der Waals surface area contributed by atoms with Crippen LogP contribution in [0, 0.1) is 13.8 Å². The average Bonchev–Trinajstić information content (AvgIpc) is 3.10. The highest BCUT2D eigenvalue weighted by Gasteiger charge is 2.20. The van der Waals surface area contributed by atoms with Gasteiger partial charge < -0.3 is 4.52 Å². The van der Waals surface area contributed by atoms with Crippen molar-refractivity contribution in [2.24, 2.45) is 0 Å². The summed E-state index contributed by atoms with van der Waals surface area (Å²) in [6.07, 6.45) is 0. The van der Waals surface area contributed by atoms with Gasteiger partial charge in [-0.05, 0) is 44.2 Å². The molecular formula is C15H13ClN2O3S2. The molecule has 8 heteroatoms. The monoisotopic (exact) mass is 368 g/mol. The maximum atomic E-state index is 12.4. The maximum Gasteiger partial charge on any atom is 0.271 e. The number of anilines is 1. The minimum Gasteiger partial charge on any atom is -0.356 e. The van der Waals surface area contributed by atoms with Crippen LogP contribution in [-0.2, 0) is 10.0 Å². The summed E-state index contributed by atoms with van der Waals surface area (Å²) < 4.78 is 32.9. The molecule has 3 aromatic rings. The highest BCUT2D eigenvalue weighted by atomic mass is 35.5. The van der Waals surface area contributed by atoms with Gasteiger partial charge in [0.2, 0.25) is 0 Å². The minimum atomic E-state index is -3.66. The summed E-state index contributed by atoms with van der Waals surface area (Å²) in [6, 6.07) is 8.05. The van der Waals surface area contributed by atoms with Crippen LogP contribution >= 0.6 is 22.9 Å². The van der Waals surface area contributed by atoms with Gasteiger partial charge in [-0.15, -0.1) is 11.3 Å². The van der Waals surface area contributed by atoms with Gasteiger partial charge in [0, 0.05) is 27.2 Å². The number of halogens is 1. The normalized spacial score (nSPS) is 11.6. The van der Waals surface area contributed by atoms with Crippen molar-refractivity contribution in [2.75, 3.05) is 4.72 Å². The summed E-state index contributed by atoms with van der Waals surface area (Å²) in [4.78, 5) is 0. The lowest BCUT2D eigenvalue weighted by Gasteiger charge is -2.05. The zero-order chi connectivity index (χ0) is 16.6. The second-order valence-electron chi connectivity index (χ2n) is 4.99. The molecule has 1 aromatic carbocycles. The second kappa shape index (κ2) is 5.99. The molecule has 1 N–H and O–H groups in total. The van der Waals surface area contributed by atoms with E-state index in [9.17, 15) is 8.42 Å². The summed E-state index contributed by atoms with van der Waals surface area (Å²) in [5.41, 5.74) is 2.84. The maximum absolute atomic E-state index is 12.4. The number of hydrogen-bond acceptors (Lipinski definition) is 5. The zero-order valence-corrected chi connectivity index (χ0v) is 14.7. The zero-order valence-electron chi connectivity index (χ0n) is 12.3. The van der Waals surface area contributed by atoms with Crippen LogP contribution in [0.3, 0.4) is 0 Å². The van der Waals surface area contributed by atoms with E-state index in [1.54, 1.807) is 35.7 Å². The lowest BCUT2D eigenvalue weighted by Crippen LogP contribution is -2.11. The van der Waals surface area contributed by atoms with Crippen molar-refractivity contribution in [1.82, 2.24) is 5.16 Å². The predicted molar refractivity (Wildman–Crippen MR) is 91.6 cm³/mol. The molecule has 23 heavy (non-hydrogen) atoms. The van der Waals surface area contributed by atoms with Gasteiger partial charge in [-0.3, -0.25) is 4.72 Å². The van der Waals surface area contributed by atoms with E-state index in [1.165, 1.54) is 0 Å². The van der Waals surface area contributed by atoms with Gasteiger partial charge >= 0.3 is 0 Å². The lowest BCUT2D eigenvalue weighted by molar-refractivity contribution is 0.427. The fraction of sp³-hybridized carbons (Fsp3) is 0.133. The molecule has 0 aliphatic heterocycles. The first kappa shape index (κ1) is 16.0. The predicted octanol–water partition coefficient (Wildman–Crippen LogP) is 4.47. The van der Waals surface area contributed by atoms with E-state index in [0.717, 1.165) is 22.6 Å². The molecule has 0 saturated carbocycles. The smallest absolute Gasteiger partial charge is 0.271 e. The molecule has 0 aliphatic carbocycles. The van der Waals surface area contributed by atoms with Crippen molar-refractivity contribution in [3.8, 4) is 11.3 Å². The molecule has 0 bridgehead atoms. The Morgan fingerprint density at radius 2 is 1.91 bits per heavy atom.